The number of carboxylic acid groups (broad SMARTS) is 1. The number of piperidine rings is 1. The number of nitrogens with one attached hydrogen (secondary N) is 1. The molecule has 60 heavy (non-hydrogen) atoms. The van der Waals surface area contributed by atoms with Crippen LogP contribution < -0.4 is 5.32 Å². The molecule has 0 aromatic heterocycles. The number of carbonyl (C=O) groups is 1. The van der Waals surface area contributed by atoms with Gasteiger partial charge in [-0.2, -0.15) is 0 Å². The Hall–Kier alpha value is -1.75. The largest absolute Gasteiger partial charge is 0.481 e. The number of aliphatic hydroxyl groups is 2. The van der Waals surface area contributed by atoms with Crippen molar-refractivity contribution in [1.29, 1.82) is 0 Å². The third-order valence-corrected chi connectivity index (χ3v) is 15.9. The predicted octanol–water partition coefficient (Wildman–Crippen LogP) is 6.26. The fourth-order valence-electron chi connectivity index (χ4n) is 12.8. The van der Waals surface area contributed by atoms with Crippen molar-refractivity contribution in [3.05, 3.63) is 36.5 Å². The lowest BCUT2D eigenvalue weighted by Crippen LogP contribution is -2.62. The van der Waals surface area contributed by atoms with E-state index in [1.807, 2.05) is 25.2 Å². The van der Waals surface area contributed by atoms with E-state index in [-0.39, 0.29) is 60.8 Å². The highest BCUT2D eigenvalue weighted by molar-refractivity contribution is 5.66. The van der Waals surface area contributed by atoms with Gasteiger partial charge < -0.3 is 53.2 Å². The van der Waals surface area contributed by atoms with Crippen LogP contribution in [0.15, 0.2) is 36.5 Å². The molecule has 9 heterocycles. The normalized spacial score (nSPS) is 52.9. The molecule has 2 bridgehead atoms. The van der Waals surface area contributed by atoms with Crippen LogP contribution in [0.3, 0.4) is 0 Å². The number of fused-ring (bicyclic) bond motifs is 5. The van der Waals surface area contributed by atoms with Gasteiger partial charge in [-0.05, 0) is 73.8 Å². The molecule has 20 atom stereocenters. The first-order valence-electron chi connectivity index (χ1n) is 23.3. The number of rotatable bonds is 9. The van der Waals surface area contributed by atoms with Gasteiger partial charge in [-0.1, -0.05) is 66.3 Å². The first-order chi connectivity index (χ1) is 28.4. The highest BCUT2D eigenvalue weighted by atomic mass is 16.8. The van der Waals surface area contributed by atoms with E-state index in [1.165, 1.54) is 0 Å². The molecule has 9 rings (SSSR count). The van der Waals surface area contributed by atoms with Crippen LogP contribution in [-0.4, -0.2) is 112 Å². The van der Waals surface area contributed by atoms with E-state index in [0.717, 1.165) is 37.8 Å². The lowest BCUT2D eigenvalue weighted by molar-refractivity contribution is -0.367. The van der Waals surface area contributed by atoms with Gasteiger partial charge in [0.15, 0.2) is 23.1 Å². The average molecular weight is 842 g/mol. The molecule has 9 aliphatic heterocycles. The van der Waals surface area contributed by atoms with Crippen molar-refractivity contribution >= 4 is 5.97 Å². The van der Waals surface area contributed by atoms with Crippen molar-refractivity contribution in [3.8, 4) is 0 Å². The molecule has 0 amide bonds. The SMILES string of the molecule is C=C(C[C@@]12C[C@H](C)C[C@H](O1)[C@@H]1O[C@@]3(C[C@@H]1O2)NC[C@@H](C)C[C@H]3C)[C@H]1O[C@@](O)([C@@H](O)[C@H]2C[C@@H]3O[C@@]4(CC[C@]5(C=CC[C@@H](/C=C/CCC(=O)O)O5)O4)[C@@H](C)C[C@@H]3O2)[C@H](C)C[C@@H]1C. The molecular weight excluding hydrogens is 771 g/mol. The summed E-state index contributed by atoms with van der Waals surface area (Å²) in [5.74, 6) is -4.41. The van der Waals surface area contributed by atoms with E-state index in [9.17, 15) is 15.0 Å². The Morgan fingerprint density at radius 1 is 0.867 bits per heavy atom. The number of ether oxygens (including phenoxy) is 8. The molecule has 0 saturated carbocycles. The summed E-state index contributed by atoms with van der Waals surface area (Å²) >= 11 is 0. The summed E-state index contributed by atoms with van der Waals surface area (Å²) in [6.45, 7) is 18.5. The molecule has 0 aliphatic carbocycles. The standard InChI is InChI=1S/C47H71NO12/c1-26-18-36-41-38(24-45(58-41)30(5)17-27(2)25-48-45)56-44(22-26,55-36)23-29(4)40-28(3)19-32(7)47(52,59-40)42(51)37-21-35-34(53-37)20-31(6)46(57-35)16-15-43(60-46)14-10-12-33(54-43)11-8-9-13-39(49)50/h8,10-11,14,26-28,30-38,40-42,48,51-52H,4,9,12-13,15-25H2,1-3,5-7H3,(H,49,50)/b11-8+/t26-,27+,28+,30-,31+,32-,33-,34+,35+,36+,37-,38+,40+,41+,42+,43+,44+,45-,46-,47-/m1/s1. The van der Waals surface area contributed by atoms with Gasteiger partial charge in [-0.25, -0.2) is 0 Å². The van der Waals surface area contributed by atoms with Crippen molar-refractivity contribution in [2.45, 2.75) is 209 Å². The Balaban J connectivity index is 0.846. The summed E-state index contributed by atoms with van der Waals surface area (Å²) in [5, 5.41) is 37.3. The predicted molar refractivity (Wildman–Crippen MR) is 219 cm³/mol. The molecule has 3 spiro atoms. The summed E-state index contributed by atoms with van der Waals surface area (Å²) in [6.07, 6.45) is 12.2. The highest BCUT2D eigenvalue weighted by Gasteiger charge is 2.64. The minimum Gasteiger partial charge on any atom is -0.481 e. The summed E-state index contributed by atoms with van der Waals surface area (Å²) in [4.78, 5) is 11.0. The van der Waals surface area contributed by atoms with Crippen LogP contribution in [0.5, 0.6) is 0 Å². The monoisotopic (exact) mass is 841 g/mol. The first kappa shape index (κ1) is 43.5. The van der Waals surface area contributed by atoms with Crippen molar-refractivity contribution in [2.24, 2.45) is 35.5 Å². The van der Waals surface area contributed by atoms with Crippen LogP contribution in [0.1, 0.15) is 125 Å². The Bertz CT molecular complexity index is 1690. The number of aliphatic hydroxyl groups excluding tert-OH is 1. The fourth-order valence-corrected chi connectivity index (χ4v) is 12.8. The molecule has 336 valence electrons. The summed E-state index contributed by atoms with van der Waals surface area (Å²) < 4.78 is 54.1. The quantitative estimate of drug-likeness (QED) is 0.193. The fraction of sp³-hybridized carbons (Fsp3) is 0.851. The molecule has 8 saturated heterocycles. The van der Waals surface area contributed by atoms with Gasteiger partial charge >= 0.3 is 5.97 Å². The van der Waals surface area contributed by atoms with Gasteiger partial charge in [-0.3, -0.25) is 10.1 Å². The van der Waals surface area contributed by atoms with Crippen LogP contribution in [0, 0.1) is 35.5 Å². The van der Waals surface area contributed by atoms with Crippen LogP contribution in [-0.2, 0) is 42.7 Å². The smallest absolute Gasteiger partial charge is 0.303 e. The number of aliphatic carboxylic acids is 1. The number of allylic oxidation sites excluding steroid dienone is 1. The summed E-state index contributed by atoms with van der Waals surface area (Å²) in [7, 11) is 0. The summed E-state index contributed by atoms with van der Waals surface area (Å²) in [6, 6.07) is 0. The number of carboxylic acids is 1. The van der Waals surface area contributed by atoms with E-state index >= 15 is 0 Å². The Kier molecular flexibility index (Phi) is 11.6. The van der Waals surface area contributed by atoms with Gasteiger partial charge in [0.05, 0.1) is 42.7 Å². The lowest BCUT2D eigenvalue weighted by Gasteiger charge is -2.53. The van der Waals surface area contributed by atoms with Crippen molar-refractivity contribution in [1.82, 2.24) is 5.32 Å². The van der Waals surface area contributed by atoms with Crippen molar-refractivity contribution in [2.75, 3.05) is 6.54 Å². The Morgan fingerprint density at radius 3 is 2.45 bits per heavy atom. The number of hydrogen-bond donors (Lipinski definition) is 4. The van der Waals surface area contributed by atoms with Crippen molar-refractivity contribution in [3.63, 3.8) is 0 Å². The maximum atomic E-state index is 12.4. The molecule has 9 aliphatic rings. The Morgan fingerprint density at radius 2 is 1.67 bits per heavy atom. The van der Waals surface area contributed by atoms with Gasteiger partial charge in [0, 0.05) is 63.3 Å². The third-order valence-electron chi connectivity index (χ3n) is 15.9. The zero-order chi connectivity index (χ0) is 42.4. The second-order valence-electron chi connectivity index (χ2n) is 20.9. The maximum Gasteiger partial charge on any atom is 0.303 e. The number of hydrogen-bond acceptors (Lipinski definition) is 12. The van der Waals surface area contributed by atoms with E-state index < -0.39 is 53.2 Å². The zero-order valence-corrected chi connectivity index (χ0v) is 36.6. The lowest BCUT2D eigenvalue weighted by atomic mass is 9.76. The van der Waals surface area contributed by atoms with Crippen molar-refractivity contribution < 1.29 is 58.0 Å². The molecule has 0 aromatic rings. The molecule has 0 unspecified atom stereocenters. The minimum atomic E-state index is -1.88. The first-order valence-corrected chi connectivity index (χ1v) is 23.3. The van der Waals surface area contributed by atoms with Crippen LogP contribution >= 0.6 is 0 Å². The molecule has 13 heteroatoms. The van der Waals surface area contributed by atoms with E-state index in [4.69, 9.17) is 43.0 Å². The van der Waals surface area contributed by atoms with Gasteiger partial charge in [0.25, 0.3) is 0 Å². The molecule has 8 fully saturated rings. The Labute approximate surface area is 355 Å². The molecule has 13 nitrogen and oxygen atoms in total. The average Bonchev–Trinajstić information content (AvgIpc) is 3.87. The van der Waals surface area contributed by atoms with Gasteiger partial charge in [0.1, 0.15) is 17.9 Å². The molecule has 0 aromatic carbocycles. The highest BCUT2D eigenvalue weighted by Crippen LogP contribution is 2.55. The second-order valence-corrected chi connectivity index (χ2v) is 20.9. The van der Waals surface area contributed by atoms with E-state index in [0.29, 0.717) is 69.1 Å². The molecule has 0 radical (unpaired) electrons. The van der Waals surface area contributed by atoms with Crippen LogP contribution in [0.2, 0.25) is 0 Å². The molecule has 4 N–H and O–H groups in total. The maximum absolute atomic E-state index is 12.4. The zero-order valence-electron chi connectivity index (χ0n) is 36.6. The van der Waals surface area contributed by atoms with Crippen LogP contribution in [0.25, 0.3) is 0 Å². The van der Waals surface area contributed by atoms with Crippen LogP contribution in [0.4, 0.5) is 0 Å². The minimum absolute atomic E-state index is 0.0210. The van der Waals surface area contributed by atoms with E-state index in [1.54, 1.807) is 0 Å². The third kappa shape index (κ3) is 7.81. The van der Waals surface area contributed by atoms with E-state index in [2.05, 4.69) is 52.6 Å². The molecular formula is C47H71NO12. The van der Waals surface area contributed by atoms with Gasteiger partial charge in [-0.15, -0.1) is 0 Å². The topological polar surface area (TPSA) is 164 Å². The van der Waals surface area contributed by atoms with Gasteiger partial charge in [0.2, 0.25) is 0 Å². The summed E-state index contributed by atoms with van der Waals surface area (Å²) in [5.41, 5.74) is 0.390. The second kappa shape index (κ2) is 16.0.